The highest BCUT2D eigenvalue weighted by Crippen LogP contribution is 2.62. The number of anilines is 1. The molecule has 2 saturated carbocycles. The Morgan fingerprint density at radius 3 is 2.67 bits per heavy atom. The van der Waals surface area contributed by atoms with Gasteiger partial charge in [-0.3, -0.25) is 14.3 Å². The van der Waals surface area contributed by atoms with Crippen molar-refractivity contribution in [1.29, 1.82) is 0 Å². The number of benzene rings is 1. The normalized spacial score (nSPS) is 36.8. The van der Waals surface area contributed by atoms with Gasteiger partial charge < -0.3 is 35.6 Å². The first-order valence-corrected chi connectivity index (χ1v) is 14.1. The molecular formula is C28H35N5O7. The van der Waals surface area contributed by atoms with Crippen LogP contribution in [0.25, 0.3) is 11.2 Å². The Labute approximate surface area is 229 Å². The van der Waals surface area contributed by atoms with Crippen molar-refractivity contribution in [2.45, 2.75) is 81.9 Å². The number of ether oxygens (including phenoxy) is 1. The number of hydrogen-bond acceptors (Lipinski definition) is 10. The van der Waals surface area contributed by atoms with E-state index in [4.69, 9.17) is 4.74 Å². The highest BCUT2D eigenvalue weighted by Gasteiger charge is 2.55. The summed E-state index contributed by atoms with van der Waals surface area (Å²) in [7, 11) is 0. The van der Waals surface area contributed by atoms with Gasteiger partial charge in [0.15, 0.2) is 22.7 Å². The van der Waals surface area contributed by atoms with Gasteiger partial charge >= 0.3 is 0 Å². The van der Waals surface area contributed by atoms with Gasteiger partial charge in [0, 0.05) is 6.42 Å². The maximum absolute atomic E-state index is 13.0. The Balaban J connectivity index is 1.26. The number of imidazole rings is 1. The Bertz CT molecular complexity index is 1520. The molecule has 0 bridgehead atoms. The molecule has 7 rings (SSSR count). The second-order valence-corrected chi connectivity index (χ2v) is 12.3. The number of fused-ring (bicyclic) bond motifs is 6. The lowest BCUT2D eigenvalue weighted by Crippen LogP contribution is -2.45. The second-order valence-electron chi connectivity index (χ2n) is 12.3. The summed E-state index contributed by atoms with van der Waals surface area (Å²) < 4.78 is 7.36. The Hall–Kier alpha value is -3.19. The number of rotatable bonds is 4. The zero-order valence-electron chi connectivity index (χ0n) is 22.2. The van der Waals surface area contributed by atoms with Gasteiger partial charge in [-0.25, -0.2) is 4.98 Å². The molecule has 4 aliphatic rings. The van der Waals surface area contributed by atoms with Gasteiger partial charge in [-0.2, -0.15) is 4.98 Å². The predicted octanol–water partition coefficient (Wildman–Crippen LogP) is 2.00. The number of hydrogen-bond donors (Lipinski definition) is 7. The van der Waals surface area contributed by atoms with E-state index in [-0.39, 0.29) is 71.0 Å². The topological polar surface area (TPSA) is 186 Å². The first-order valence-electron chi connectivity index (χ1n) is 14.1. The van der Waals surface area contributed by atoms with Crippen LogP contribution in [0.2, 0.25) is 0 Å². The van der Waals surface area contributed by atoms with Crippen LogP contribution in [-0.4, -0.2) is 70.0 Å². The number of nitrogens with zero attached hydrogens (tertiary/aromatic N) is 3. The number of aliphatic hydroxyl groups is 3. The molecule has 9 atom stereocenters. The molecule has 0 amide bonds. The van der Waals surface area contributed by atoms with Crippen LogP contribution in [0.1, 0.15) is 74.8 Å². The van der Waals surface area contributed by atoms with E-state index in [1.165, 1.54) is 6.33 Å². The maximum atomic E-state index is 13.0. The Morgan fingerprint density at radius 2 is 1.93 bits per heavy atom. The van der Waals surface area contributed by atoms with E-state index in [1.54, 1.807) is 16.7 Å². The van der Waals surface area contributed by atoms with E-state index >= 15 is 0 Å². The summed E-state index contributed by atoms with van der Waals surface area (Å²) >= 11 is 0. The van der Waals surface area contributed by atoms with Crippen LogP contribution >= 0.6 is 0 Å². The predicted molar refractivity (Wildman–Crippen MR) is 143 cm³/mol. The maximum Gasteiger partial charge on any atom is 0.280 e. The third kappa shape index (κ3) is 3.76. The molecule has 40 heavy (non-hydrogen) atoms. The molecule has 7 N–H and O–H groups in total. The number of aromatic amines is 1. The van der Waals surface area contributed by atoms with E-state index in [9.17, 15) is 30.3 Å². The highest BCUT2D eigenvalue weighted by atomic mass is 16.5. The minimum atomic E-state index is -0.849. The Morgan fingerprint density at radius 1 is 1.15 bits per heavy atom. The van der Waals surface area contributed by atoms with Crippen LogP contribution < -0.4 is 10.9 Å². The van der Waals surface area contributed by atoms with Crippen LogP contribution in [0.15, 0.2) is 23.3 Å². The molecule has 2 unspecified atom stereocenters. The van der Waals surface area contributed by atoms with Crippen molar-refractivity contribution in [2.75, 3.05) is 11.9 Å². The first kappa shape index (κ1) is 25.8. The summed E-state index contributed by atoms with van der Waals surface area (Å²) in [6.07, 6.45) is 3.35. The lowest BCUT2D eigenvalue weighted by atomic mass is 9.54. The summed E-state index contributed by atoms with van der Waals surface area (Å²) in [4.78, 5) is 24.7. The quantitative estimate of drug-likeness (QED) is 0.236. The van der Waals surface area contributed by atoms with E-state index in [1.807, 2.05) is 0 Å². The van der Waals surface area contributed by atoms with Crippen molar-refractivity contribution in [1.82, 2.24) is 19.5 Å². The summed E-state index contributed by atoms with van der Waals surface area (Å²) in [5.74, 6) is 0.624. The van der Waals surface area contributed by atoms with Crippen molar-refractivity contribution >= 4 is 17.1 Å². The fourth-order valence-electron chi connectivity index (χ4n) is 8.16. The monoisotopic (exact) mass is 553 g/mol. The molecule has 214 valence electrons. The fourth-order valence-corrected chi connectivity index (χ4v) is 8.16. The van der Waals surface area contributed by atoms with Gasteiger partial charge in [-0.05, 0) is 78.5 Å². The number of phenolic OH excluding ortho intramolecular Hbond substituents is 2. The molecule has 3 aliphatic carbocycles. The first-order chi connectivity index (χ1) is 19.2. The number of H-pyrrole nitrogens is 1. The van der Waals surface area contributed by atoms with Crippen molar-refractivity contribution in [3.05, 3.63) is 39.9 Å². The van der Waals surface area contributed by atoms with E-state index < -0.39 is 24.0 Å². The van der Waals surface area contributed by atoms with Crippen LogP contribution in [-0.2, 0) is 4.74 Å². The molecule has 12 nitrogen and oxygen atoms in total. The lowest BCUT2D eigenvalue weighted by Gasteiger charge is -2.51. The molecule has 1 aromatic carbocycles. The molecule has 3 aromatic rings. The molecular weight excluding hydrogens is 518 g/mol. The van der Waals surface area contributed by atoms with Gasteiger partial charge in [0.25, 0.3) is 5.56 Å². The zero-order valence-corrected chi connectivity index (χ0v) is 22.2. The van der Waals surface area contributed by atoms with Gasteiger partial charge in [-0.1, -0.05) is 6.92 Å². The van der Waals surface area contributed by atoms with Gasteiger partial charge in [0.05, 0.1) is 31.2 Å². The van der Waals surface area contributed by atoms with Crippen LogP contribution in [0.5, 0.6) is 11.5 Å². The smallest absolute Gasteiger partial charge is 0.280 e. The molecule has 3 heterocycles. The number of nitrogens with one attached hydrogen (secondary N) is 2. The van der Waals surface area contributed by atoms with Gasteiger partial charge in [0.1, 0.15) is 12.3 Å². The summed E-state index contributed by atoms with van der Waals surface area (Å²) in [6, 6.07) is 2.95. The SMILES string of the molecule is C[C@]12CC[C@@H]3c4cc(O)c(O)cc4C(Nc4nc5c(ncn5[C@H]5C[C@H](O)[C@@H](CO)O5)c(=O)[nH]4)C[C@H]3[C@@H]1CCC2O. The number of aromatic nitrogens is 4. The lowest BCUT2D eigenvalue weighted by molar-refractivity contribution is -0.0432. The number of aromatic hydroxyl groups is 2. The van der Waals surface area contributed by atoms with Gasteiger partial charge in [0.2, 0.25) is 5.95 Å². The average molecular weight is 554 g/mol. The van der Waals surface area contributed by atoms with Crippen molar-refractivity contribution in [3.8, 4) is 11.5 Å². The highest BCUT2D eigenvalue weighted by molar-refractivity contribution is 5.71. The van der Waals surface area contributed by atoms with Gasteiger partial charge in [-0.15, -0.1) is 0 Å². The second kappa shape index (κ2) is 9.16. The van der Waals surface area contributed by atoms with Crippen LogP contribution in [0.3, 0.4) is 0 Å². The summed E-state index contributed by atoms with van der Waals surface area (Å²) in [5, 5.41) is 54.8. The zero-order chi connectivity index (χ0) is 27.9. The van der Waals surface area contributed by atoms with E-state index in [0.717, 1.165) is 36.8 Å². The molecule has 0 spiro atoms. The fraction of sp³-hybridized carbons (Fsp3) is 0.607. The largest absolute Gasteiger partial charge is 0.504 e. The average Bonchev–Trinajstić information content (AvgIpc) is 3.60. The van der Waals surface area contributed by atoms with Crippen molar-refractivity contribution in [2.24, 2.45) is 17.3 Å². The van der Waals surface area contributed by atoms with E-state index in [2.05, 4.69) is 27.2 Å². The number of aliphatic hydroxyl groups excluding tert-OH is 3. The summed E-state index contributed by atoms with van der Waals surface area (Å²) in [6.45, 7) is 1.86. The van der Waals surface area contributed by atoms with Crippen LogP contribution in [0, 0.1) is 17.3 Å². The van der Waals surface area contributed by atoms with E-state index in [0.29, 0.717) is 12.3 Å². The minimum Gasteiger partial charge on any atom is -0.504 e. The molecule has 1 aliphatic heterocycles. The summed E-state index contributed by atoms with van der Waals surface area (Å²) in [5.41, 5.74) is 1.65. The molecule has 2 aromatic heterocycles. The standard InChI is InChI=1S/C28H35N5O7/c1-28-5-4-12-13-7-18(35)19(36)8-15(13)17(6-14(12)16(28)2-3-22(28)38)30-27-31-25-24(26(39)32-27)29-11-33(25)23-9-20(37)21(10-34)40-23/h7-8,11-12,14,16-17,20-23,34-38H,2-6,9-10H2,1H3,(H2,30,31,32,39)/t12-,14-,16+,17?,20+,21-,22?,23-,28+/m1/s1. The molecule has 3 fully saturated rings. The third-order valence-electron chi connectivity index (χ3n) is 10.3. The molecule has 0 radical (unpaired) electrons. The number of phenols is 2. The molecule has 12 heteroatoms. The van der Waals surface area contributed by atoms with Crippen molar-refractivity contribution in [3.63, 3.8) is 0 Å². The third-order valence-corrected chi connectivity index (χ3v) is 10.3. The molecule has 1 saturated heterocycles. The van der Waals surface area contributed by atoms with Crippen molar-refractivity contribution < 1.29 is 30.3 Å². The minimum absolute atomic E-state index is 0.130. The Kier molecular flexibility index (Phi) is 5.90. The van der Waals surface area contributed by atoms with Crippen LogP contribution in [0.4, 0.5) is 5.95 Å².